The summed E-state index contributed by atoms with van der Waals surface area (Å²) >= 11 is 0. The molecule has 5 heteroatoms. The fourth-order valence-electron chi connectivity index (χ4n) is 0.860. The number of hydrogen-bond acceptors (Lipinski definition) is 3. The van der Waals surface area contributed by atoms with E-state index >= 15 is 0 Å². The van der Waals surface area contributed by atoms with E-state index in [4.69, 9.17) is 11.5 Å². The van der Waals surface area contributed by atoms with Gasteiger partial charge in [0.25, 0.3) is 0 Å². The van der Waals surface area contributed by atoms with Crippen LogP contribution in [-0.4, -0.2) is 6.21 Å². The van der Waals surface area contributed by atoms with Gasteiger partial charge in [0.15, 0.2) is 0 Å². The first-order chi connectivity index (χ1) is 6.99. The quantitative estimate of drug-likeness (QED) is 0.733. The summed E-state index contributed by atoms with van der Waals surface area (Å²) in [6.45, 7) is 1.60. The lowest BCUT2D eigenvalue weighted by Gasteiger charge is -1.97. The molecule has 0 saturated heterocycles. The van der Waals surface area contributed by atoms with Crippen molar-refractivity contribution >= 4 is 11.9 Å². The fourth-order valence-corrected chi connectivity index (χ4v) is 0.860. The van der Waals surface area contributed by atoms with Crippen molar-refractivity contribution in [2.75, 3.05) is 0 Å². The summed E-state index contributed by atoms with van der Waals surface area (Å²) in [6.07, 6.45) is 1.25. The molecule has 0 unspecified atom stereocenters. The third-order valence-corrected chi connectivity index (χ3v) is 1.66. The molecule has 15 heavy (non-hydrogen) atoms. The van der Waals surface area contributed by atoms with Crippen LogP contribution in [0.15, 0.2) is 34.6 Å². The molecule has 4 N–H and O–H groups in total. The Bertz CT molecular complexity index is 400. The lowest BCUT2D eigenvalue weighted by Crippen LogP contribution is -2.07. The van der Waals surface area contributed by atoms with Gasteiger partial charge in [0.1, 0.15) is 11.6 Å². The van der Waals surface area contributed by atoms with Gasteiger partial charge in [-0.3, -0.25) is 4.99 Å². The molecule has 0 aromatic heterocycles. The molecule has 0 bridgehead atoms. The average Bonchev–Trinajstić information content (AvgIpc) is 2.12. The normalized spacial score (nSPS) is 13.0. The lowest BCUT2D eigenvalue weighted by molar-refractivity contribution is 0.584. The maximum Gasteiger partial charge on any atom is 0.128 e. The number of rotatable bonds is 2. The van der Waals surface area contributed by atoms with Gasteiger partial charge in [-0.25, -0.2) is 8.78 Å². The van der Waals surface area contributed by atoms with Crippen molar-refractivity contribution in [1.82, 2.24) is 0 Å². The molecule has 0 amide bonds. The second kappa shape index (κ2) is 4.54. The highest BCUT2D eigenvalue weighted by molar-refractivity contribution is 5.80. The molecule has 3 nitrogen and oxygen atoms in total. The Kier molecular flexibility index (Phi) is 3.38. The second-order valence-electron chi connectivity index (χ2n) is 3.02. The van der Waals surface area contributed by atoms with Gasteiger partial charge < -0.3 is 11.5 Å². The Labute approximate surface area is 86.1 Å². The monoisotopic (exact) mass is 211 g/mol. The molecule has 0 atom stereocenters. The molecule has 0 aliphatic heterocycles. The third-order valence-electron chi connectivity index (χ3n) is 1.66. The Morgan fingerprint density at radius 2 is 1.73 bits per heavy atom. The molecule has 1 aromatic carbocycles. The van der Waals surface area contributed by atoms with E-state index in [1.54, 1.807) is 6.92 Å². The van der Waals surface area contributed by atoms with Crippen molar-refractivity contribution in [2.24, 2.45) is 16.5 Å². The first kappa shape index (κ1) is 11.2. The highest BCUT2D eigenvalue weighted by Gasteiger charge is 1.98. The average molecular weight is 211 g/mol. The van der Waals surface area contributed by atoms with E-state index in [1.165, 1.54) is 6.21 Å². The van der Waals surface area contributed by atoms with Crippen LogP contribution in [0.5, 0.6) is 0 Å². The Morgan fingerprint density at radius 3 is 2.20 bits per heavy atom. The minimum absolute atomic E-state index is 0.150. The molecule has 1 aromatic rings. The zero-order chi connectivity index (χ0) is 11.4. The molecule has 0 aliphatic carbocycles. The Hall–Kier alpha value is -1.91. The number of allylic oxidation sites excluding steroid dienone is 2. The number of hydrogen-bond donors (Lipinski definition) is 2. The van der Waals surface area contributed by atoms with E-state index in [1.807, 2.05) is 0 Å². The van der Waals surface area contributed by atoms with Crippen LogP contribution < -0.4 is 11.5 Å². The summed E-state index contributed by atoms with van der Waals surface area (Å²) in [4.78, 5) is 3.78. The number of nitrogens with zero attached hydrogens (tertiary/aromatic N) is 1. The summed E-state index contributed by atoms with van der Waals surface area (Å²) in [5.74, 6) is -1.37. The minimum Gasteiger partial charge on any atom is -0.401 e. The van der Waals surface area contributed by atoms with Gasteiger partial charge in [-0.05, 0) is 19.1 Å². The number of halogens is 2. The van der Waals surface area contributed by atoms with Crippen LogP contribution in [0, 0.1) is 11.6 Å². The summed E-state index contributed by atoms with van der Waals surface area (Å²) < 4.78 is 25.5. The standard InChI is InChI=1S/C10H11F2N3/c1-6(13)10(14)5-15-9-3-7(11)2-8(12)4-9/h2-5H,13-14H2,1H3. The molecule has 0 spiro atoms. The molecular weight excluding hydrogens is 200 g/mol. The van der Waals surface area contributed by atoms with Crippen LogP contribution in [-0.2, 0) is 0 Å². The zero-order valence-electron chi connectivity index (χ0n) is 8.17. The summed E-state index contributed by atoms with van der Waals surface area (Å²) in [6, 6.07) is 2.96. The summed E-state index contributed by atoms with van der Waals surface area (Å²) in [5, 5.41) is 0. The predicted octanol–water partition coefficient (Wildman–Crippen LogP) is 1.82. The Morgan fingerprint density at radius 1 is 1.20 bits per heavy atom. The van der Waals surface area contributed by atoms with Crippen LogP contribution in [0.3, 0.4) is 0 Å². The van der Waals surface area contributed by atoms with Crippen molar-refractivity contribution in [2.45, 2.75) is 6.92 Å². The Balaban J connectivity index is 2.95. The molecule has 0 radical (unpaired) electrons. The topological polar surface area (TPSA) is 64.4 Å². The highest BCUT2D eigenvalue weighted by Crippen LogP contribution is 2.15. The molecule has 0 aliphatic rings. The van der Waals surface area contributed by atoms with E-state index in [0.29, 0.717) is 5.70 Å². The van der Waals surface area contributed by atoms with Gasteiger partial charge in [-0.2, -0.15) is 0 Å². The largest absolute Gasteiger partial charge is 0.401 e. The molecular formula is C10H11F2N3. The van der Waals surface area contributed by atoms with Crippen molar-refractivity contribution in [1.29, 1.82) is 0 Å². The maximum absolute atomic E-state index is 12.7. The number of aliphatic imine (C=N–C) groups is 1. The van der Waals surface area contributed by atoms with E-state index in [-0.39, 0.29) is 11.4 Å². The molecule has 0 heterocycles. The van der Waals surface area contributed by atoms with E-state index in [9.17, 15) is 8.78 Å². The third kappa shape index (κ3) is 3.38. The highest BCUT2D eigenvalue weighted by atomic mass is 19.1. The van der Waals surface area contributed by atoms with Crippen molar-refractivity contribution in [3.63, 3.8) is 0 Å². The van der Waals surface area contributed by atoms with E-state index < -0.39 is 11.6 Å². The van der Waals surface area contributed by atoms with Crippen LogP contribution >= 0.6 is 0 Å². The van der Waals surface area contributed by atoms with Crippen molar-refractivity contribution < 1.29 is 8.78 Å². The minimum atomic E-state index is -0.686. The van der Waals surface area contributed by atoms with E-state index in [2.05, 4.69) is 4.99 Å². The molecule has 0 saturated carbocycles. The van der Waals surface area contributed by atoms with Crippen LogP contribution in [0.2, 0.25) is 0 Å². The number of nitrogens with two attached hydrogens (primary N) is 2. The number of benzene rings is 1. The smallest absolute Gasteiger partial charge is 0.128 e. The SMILES string of the molecule is CC(N)=C(N)C=Nc1cc(F)cc(F)c1. The van der Waals surface area contributed by atoms with Crippen LogP contribution in [0.1, 0.15) is 6.92 Å². The second-order valence-corrected chi connectivity index (χ2v) is 3.02. The molecule has 0 fully saturated rings. The zero-order valence-corrected chi connectivity index (χ0v) is 8.17. The van der Waals surface area contributed by atoms with Crippen LogP contribution in [0.4, 0.5) is 14.5 Å². The van der Waals surface area contributed by atoms with Gasteiger partial charge in [0.05, 0.1) is 17.6 Å². The molecule has 1 rings (SSSR count). The summed E-state index contributed by atoms with van der Waals surface area (Å²) in [5.41, 5.74) is 11.6. The van der Waals surface area contributed by atoms with Gasteiger partial charge in [0, 0.05) is 11.8 Å². The molecule has 80 valence electrons. The van der Waals surface area contributed by atoms with Crippen molar-refractivity contribution in [3.05, 3.63) is 41.2 Å². The predicted molar refractivity (Wildman–Crippen MR) is 55.6 cm³/mol. The summed E-state index contributed by atoms with van der Waals surface area (Å²) in [7, 11) is 0. The van der Waals surface area contributed by atoms with Crippen molar-refractivity contribution in [3.8, 4) is 0 Å². The van der Waals surface area contributed by atoms with Gasteiger partial charge in [0.2, 0.25) is 0 Å². The van der Waals surface area contributed by atoms with Gasteiger partial charge >= 0.3 is 0 Å². The first-order valence-electron chi connectivity index (χ1n) is 4.21. The maximum atomic E-state index is 12.7. The lowest BCUT2D eigenvalue weighted by atomic mass is 10.3. The first-order valence-corrected chi connectivity index (χ1v) is 4.21. The van der Waals surface area contributed by atoms with Gasteiger partial charge in [-0.15, -0.1) is 0 Å². The van der Waals surface area contributed by atoms with E-state index in [0.717, 1.165) is 18.2 Å². The van der Waals surface area contributed by atoms with Crippen LogP contribution in [0.25, 0.3) is 0 Å². The van der Waals surface area contributed by atoms with Gasteiger partial charge in [-0.1, -0.05) is 0 Å². The fraction of sp³-hybridized carbons (Fsp3) is 0.100.